The first-order valence-corrected chi connectivity index (χ1v) is 4.64. The fraction of sp³-hybridized carbons (Fsp3) is 0.222. The number of halogens is 1. The van der Waals surface area contributed by atoms with Crippen LogP contribution in [0.25, 0.3) is 11.1 Å². The van der Waals surface area contributed by atoms with Crippen molar-refractivity contribution in [1.29, 1.82) is 0 Å². The average Bonchev–Trinajstić information content (AvgIpc) is 2.32. The van der Waals surface area contributed by atoms with E-state index in [0.29, 0.717) is 5.58 Å². The Balaban J connectivity index is 3.03. The number of oxazole rings is 1. The number of benzene rings is 1. The Kier molecular flexibility index (Phi) is 1.80. The number of nitrogens with zero attached hydrogens (tertiary/aromatic N) is 1. The Labute approximate surface area is 83.1 Å². The van der Waals surface area contributed by atoms with E-state index in [9.17, 15) is 4.79 Å². The van der Waals surface area contributed by atoms with E-state index in [0.717, 1.165) is 15.6 Å². The van der Waals surface area contributed by atoms with Crippen LogP contribution in [0.5, 0.6) is 0 Å². The van der Waals surface area contributed by atoms with Crippen LogP contribution in [0.1, 0.15) is 5.56 Å². The van der Waals surface area contributed by atoms with Crippen molar-refractivity contribution in [3.05, 3.63) is 32.7 Å². The summed E-state index contributed by atoms with van der Waals surface area (Å²) in [5.41, 5.74) is 2.52. The van der Waals surface area contributed by atoms with E-state index in [1.165, 1.54) is 4.57 Å². The molecular formula is C9H8BrNO2. The molecule has 1 aromatic carbocycles. The van der Waals surface area contributed by atoms with Crippen molar-refractivity contribution >= 4 is 27.0 Å². The molecule has 0 radical (unpaired) electrons. The number of aromatic nitrogens is 1. The third kappa shape index (κ3) is 1.21. The van der Waals surface area contributed by atoms with Crippen molar-refractivity contribution in [2.45, 2.75) is 6.92 Å². The van der Waals surface area contributed by atoms with Crippen LogP contribution in [0.3, 0.4) is 0 Å². The molecule has 0 bridgehead atoms. The fourth-order valence-corrected chi connectivity index (χ4v) is 1.96. The maximum absolute atomic E-state index is 11.2. The lowest BCUT2D eigenvalue weighted by Gasteiger charge is -1.96. The third-order valence-corrected chi connectivity index (χ3v) is 2.58. The summed E-state index contributed by atoms with van der Waals surface area (Å²) in [6.07, 6.45) is 0. The minimum Gasteiger partial charge on any atom is -0.406 e. The van der Waals surface area contributed by atoms with Gasteiger partial charge >= 0.3 is 5.76 Å². The molecule has 68 valence electrons. The lowest BCUT2D eigenvalue weighted by Crippen LogP contribution is -2.08. The summed E-state index contributed by atoms with van der Waals surface area (Å²) in [4.78, 5) is 11.2. The van der Waals surface area contributed by atoms with E-state index in [1.54, 1.807) is 7.05 Å². The van der Waals surface area contributed by atoms with E-state index < -0.39 is 0 Å². The molecule has 0 aliphatic heterocycles. The van der Waals surface area contributed by atoms with Crippen LogP contribution in [-0.2, 0) is 7.05 Å². The predicted molar refractivity (Wildman–Crippen MR) is 53.9 cm³/mol. The highest BCUT2D eigenvalue weighted by atomic mass is 79.9. The summed E-state index contributed by atoms with van der Waals surface area (Å²) >= 11 is 3.35. The molecule has 0 amide bonds. The van der Waals surface area contributed by atoms with E-state index in [2.05, 4.69) is 15.9 Å². The second-order valence-electron chi connectivity index (χ2n) is 3.02. The van der Waals surface area contributed by atoms with Gasteiger partial charge in [0.1, 0.15) is 0 Å². The van der Waals surface area contributed by atoms with E-state index in [-0.39, 0.29) is 5.76 Å². The standard InChI is InChI=1S/C9H8BrNO2/c1-5-3-6(10)8-7(4-5)11(2)9(12)13-8/h3-4H,1-2H3. The molecule has 0 fully saturated rings. The van der Waals surface area contributed by atoms with Gasteiger partial charge in [-0.2, -0.15) is 0 Å². The van der Waals surface area contributed by atoms with Gasteiger partial charge in [0.05, 0.1) is 9.99 Å². The SMILES string of the molecule is Cc1cc(Br)c2oc(=O)n(C)c2c1. The Hall–Kier alpha value is -1.03. The number of hydrogen-bond acceptors (Lipinski definition) is 2. The quantitative estimate of drug-likeness (QED) is 0.709. The molecule has 0 spiro atoms. The van der Waals surface area contributed by atoms with Crippen LogP contribution in [0, 0.1) is 6.92 Å². The van der Waals surface area contributed by atoms with Crippen LogP contribution in [-0.4, -0.2) is 4.57 Å². The summed E-state index contributed by atoms with van der Waals surface area (Å²) in [5, 5.41) is 0. The molecule has 13 heavy (non-hydrogen) atoms. The summed E-state index contributed by atoms with van der Waals surface area (Å²) in [5.74, 6) is -0.332. The van der Waals surface area contributed by atoms with Crippen molar-refractivity contribution in [2.75, 3.05) is 0 Å². The van der Waals surface area contributed by atoms with Gasteiger partial charge in [0.25, 0.3) is 0 Å². The Morgan fingerprint density at radius 1 is 1.46 bits per heavy atom. The first-order valence-electron chi connectivity index (χ1n) is 3.85. The monoisotopic (exact) mass is 241 g/mol. The summed E-state index contributed by atoms with van der Waals surface area (Å²) < 4.78 is 7.36. The van der Waals surface area contributed by atoms with Crippen LogP contribution in [0.15, 0.2) is 25.8 Å². The number of aryl methyl sites for hydroxylation is 2. The molecule has 1 heterocycles. The zero-order valence-electron chi connectivity index (χ0n) is 7.30. The van der Waals surface area contributed by atoms with Gasteiger partial charge in [0.2, 0.25) is 0 Å². The van der Waals surface area contributed by atoms with Gasteiger partial charge in [0, 0.05) is 7.05 Å². The molecule has 1 aromatic heterocycles. The van der Waals surface area contributed by atoms with E-state index >= 15 is 0 Å². The number of rotatable bonds is 0. The zero-order valence-corrected chi connectivity index (χ0v) is 8.88. The highest BCUT2D eigenvalue weighted by molar-refractivity contribution is 9.10. The van der Waals surface area contributed by atoms with Gasteiger partial charge in [-0.1, -0.05) is 0 Å². The predicted octanol–water partition coefficient (Wildman–Crippen LogP) is 2.20. The van der Waals surface area contributed by atoms with Crippen molar-refractivity contribution in [3.63, 3.8) is 0 Å². The molecule has 2 rings (SSSR count). The van der Waals surface area contributed by atoms with Crippen LogP contribution >= 0.6 is 15.9 Å². The summed E-state index contributed by atoms with van der Waals surface area (Å²) in [6.45, 7) is 1.97. The molecule has 3 nitrogen and oxygen atoms in total. The topological polar surface area (TPSA) is 35.1 Å². The lowest BCUT2D eigenvalue weighted by atomic mass is 10.2. The number of fused-ring (bicyclic) bond motifs is 1. The first-order chi connectivity index (χ1) is 6.09. The fourth-order valence-electron chi connectivity index (χ4n) is 1.31. The molecule has 4 heteroatoms. The van der Waals surface area contributed by atoms with Crippen molar-refractivity contribution < 1.29 is 4.42 Å². The van der Waals surface area contributed by atoms with Gasteiger partial charge in [-0.05, 0) is 40.5 Å². The van der Waals surface area contributed by atoms with Gasteiger partial charge in [-0.15, -0.1) is 0 Å². The normalized spacial score (nSPS) is 11.0. The van der Waals surface area contributed by atoms with Crippen LogP contribution in [0.2, 0.25) is 0 Å². The molecule has 2 aromatic rings. The largest absolute Gasteiger partial charge is 0.419 e. The second-order valence-corrected chi connectivity index (χ2v) is 3.88. The van der Waals surface area contributed by atoms with Gasteiger partial charge < -0.3 is 4.42 Å². The van der Waals surface area contributed by atoms with E-state index in [1.807, 2.05) is 19.1 Å². The van der Waals surface area contributed by atoms with Gasteiger partial charge in [0.15, 0.2) is 5.58 Å². The molecule has 0 atom stereocenters. The average molecular weight is 242 g/mol. The molecule has 0 saturated heterocycles. The minimum atomic E-state index is -0.332. The summed E-state index contributed by atoms with van der Waals surface area (Å²) in [6, 6.07) is 3.84. The molecular weight excluding hydrogens is 234 g/mol. The first kappa shape index (κ1) is 8.56. The van der Waals surface area contributed by atoms with Crippen LogP contribution in [0.4, 0.5) is 0 Å². The Morgan fingerprint density at radius 2 is 2.15 bits per heavy atom. The molecule has 0 aliphatic carbocycles. The highest BCUT2D eigenvalue weighted by Gasteiger charge is 2.08. The van der Waals surface area contributed by atoms with Crippen LogP contribution < -0.4 is 5.76 Å². The second kappa shape index (κ2) is 2.73. The van der Waals surface area contributed by atoms with Gasteiger partial charge in [-0.25, -0.2) is 4.79 Å². The minimum absolute atomic E-state index is 0.332. The maximum atomic E-state index is 11.2. The van der Waals surface area contributed by atoms with E-state index in [4.69, 9.17) is 4.42 Å². The molecule has 0 N–H and O–H groups in total. The molecule has 0 aliphatic rings. The smallest absolute Gasteiger partial charge is 0.406 e. The zero-order chi connectivity index (χ0) is 9.59. The third-order valence-electron chi connectivity index (χ3n) is 1.99. The lowest BCUT2D eigenvalue weighted by molar-refractivity contribution is 0.527. The van der Waals surface area contributed by atoms with Crippen molar-refractivity contribution in [2.24, 2.45) is 7.05 Å². The van der Waals surface area contributed by atoms with Crippen molar-refractivity contribution in [1.82, 2.24) is 4.57 Å². The Bertz CT molecular complexity index is 524. The number of hydrogen-bond donors (Lipinski definition) is 0. The highest BCUT2D eigenvalue weighted by Crippen LogP contribution is 2.24. The molecule has 0 saturated carbocycles. The van der Waals surface area contributed by atoms with Gasteiger partial charge in [-0.3, -0.25) is 4.57 Å². The molecule has 0 unspecified atom stereocenters. The summed E-state index contributed by atoms with van der Waals surface area (Å²) in [7, 11) is 1.69. The van der Waals surface area contributed by atoms with Crippen molar-refractivity contribution in [3.8, 4) is 0 Å². The maximum Gasteiger partial charge on any atom is 0.419 e. The Morgan fingerprint density at radius 3 is 2.85 bits per heavy atom.